The maximum absolute atomic E-state index is 10.9. The van der Waals surface area contributed by atoms with E-state index in [9.17, 15) is 9.59 Å². The molecule has 0 radical (unpaired) electrons. The second kappa shape index (κ2) is 3.49. The molecular formula is C8H11N3O3. The normalized spacial score (nSPS) is 11.0. The minimum absolute atomic E-state index is 0.237. The predicted molar refractivity (Wildman–Crippen MR) is 50.2 cm³/mol. The van der Waals surface area contributed by atoms with Crippen LogP contribution in [0.15, 0.2) is 17.2 Å². The van der Waals surface area contributed by atoms with Crippen molar-refractivity contribution < 1.29 is 9.90 Å². The number of aromatic nitrogens is 2. The molecule has 0 aromatic carbocycles. The molecule has 0 saturated carbocycles. The molecule has 1 aromatic rings. The van der Waals surface area contributed by atoms with Gasteiger partial charge in [-0.2, -0.15) is 0 Å². The van der Waals surface area contributed by atoms with Crippen molar-refractivity contribution in [1.29, 1.82) is 0 Å². The average Bonchev–Trinajstić information content (AvgIpc) is 2.02. The monoisotopic (exact) mass is 197 g/mol. The molecule has 0 spiro atoms. The van der Waals surface area contributed by atoms with Crippen molar-refractivity contribution in [2.24, 2.45) is 0 Å². The molecule has 0 amide bonds. The van der Waals surface area contributed by atoms with E-state index in [4.69, 9.17) is 5.11 Å². The van der Waals surface area contributed by atoms with Gasteiger partial charge in [-0.15, -0.1) is 0 Å². The van der Waals surface area contributed by atoms with Crippen molar-refractivity contribution in [3.8, 4) is 0 Å². The number of hydrogen-bond acceptors (Lipinski definition) is 4. The summed E-state index contributed by atoms with van der Waals surface area (Å²) >= 11 is 0. The molecule has 0 aliphatic heterocycles. The number of hydrogen-bond donors (Lipinski definition) is 3. The zero-order chi connectivity index (χ0) is 10.8. The fourth-order valence-corrected chi connectivity index (χ4v) is 0.811. The van der Waals surface area contributed by atoms with Gasteiger partial charge in [0.1, 0.15) is 11.4 Å². The van der Waals surface area contributed by atoms with Crippen molar-refractivity contribution in [2.75, 3.05) is 5.32 Å². The fraction of sp³-hybridized carbons (Fsp3) is 0.375. The number of nitrogens with one attached hydrogen (secondary N) is 2. The van der Waals surface area contributed by atoms with Crippen LogP contribution in [0.4, 0.5) is 5.82 Å². The van der Waals surface area contributed by atoms with Gasteiger partial charge in [0.25, 0.3) is 5.56 Å². The van der Waals surface area contributed by atoms with Crippen molar-refractivity contribution in [3.63, 3.8) is 0 Å². The minimum Gasteiger partial charge on any atom is -0.480 e. The van der Waals surface area contributed by atoms with E-state index in [2.05, 4.69) is 15.3 Å². The van der Waals surface area contributed by atoms with E-state index in [1.54, 1.807) is 0 Å². The Morgan fingerprint density at radius 1 is 1.64 bits per heavy atom. The lowest BCUT2D eigenvalue weighted by atomic mass is 10.1. The van der Waals surface area contributed by atoms with Gasteiger partial charge in [0, 0.05) is 6.07 Å². The minimum atomic E-state index is -1.15. The Morgan fingerprint density at radius 2 is 2.29 bits per heavy atom. The average molecular weight is 197 g/mol. The Bertz CT molecular complexity index is 397. The first kappa shape index (κ1) is 10.2. The molecule has 0 bridgehead atoms. The second-order valence-electron chi connectivity index (χ2n) is 3.35. The number of nitrogens with zero attached hydrogens (tertiary/aromatic N) is 1. The van der Waals surface area contributed by atoms with Crippen LogP contribution in [0, 0.1) is 0 Å². The quantitative estimate of drug-likeness (QED) is 0.636. The summed E-state index contributed by atoms with van der Waals surface area (Å²) in [5.74, 6) is -0.777. The van der Waals surface area contributed by atoms with E-state index in [1.807, 2.05) is 0 Å². The first-order valence-electron chi connectivity index (χ1n) is 3.98. The highest BCUT2D eigenvalue weighted by Gasteiger charge is 2.26. The first-order chi connectivity index (χ1) is 6.42. The Hall–Kier alpha value is -1.85. The molecule has 3 N–H and O–H groups in total. The molecule has 1 heterocycles. The van der Waals surface area contributed by atoms with Crippen LogP contribution in [0.25, 0.3) is 0 Å². The number of anilines is 1. The molecule has 0 saturated heterocycles. The number of carboxylic acids is 1. The summed E-state index contributed by atoms with van der Waals surface area (Å²) in [7, 11) is 0. The molecule has 76 valence electrons. The summed E-state index contributed by atoms with van der Waals surface area (Å²) in [6, 6.07) is 1.20. The lowest BCUT2D eigenvalue weighted by molar-refractivity contribution is -0.141. The van der Waals surface area contributed by atoms with Gasteiger partial charge >= 0.3 is 5.97 Å². The SMILES string of the molecule is CC(C)(Nc1cc(=O)[nH]cn1)C(=O)O. The molecule has 0 unspecified atom stereocenters. The zero-order valence-corrected chi connectivity index (χ0v) is 7.87. The van der Waals surface area contributed by atoms with Gasteiger partial charge in [-0.3, -0.25) is 4.79 Å². The number of aromatic amines is 1. The predicted octanol–water partition coefficient (Wildman–Crippen LogP) is 0.0450. The van der Waals surface area contributed by atoms with Gasteiger partial charge in [0.2, 0.25) is 0 Å². The second-order valence-corrected chi connectivity index (χ2v) is 3.35. The van der Waals surface area contributed by atoms with E-state index >= 15 is 0 Å². The van der Waals surface area contributed by atoms with Crippen LogP contribution in [-0.4, -0.2) is 26.6 Å². The highest BCUT2D eigenvalue weighted by Crippen LogP contribution is 2.10. The van der Waals surface area contributed by atoms with Crippen LogP contribution >= 0.6 is 0 Å². The van der Waals surface area contributed by atoms with Gasteiger partial charge < -0.3 is 15.4 Å². The molecule has 6 nitrogen and oxygen atoms in total. The Kier molecular flexibility index (Phi) is 2.55. The molecule has 0 atom stereocenters. The summed E-state index contributed by atoms with van der Waals surface area (Å²) < 4.78 is 0. The Morgan fingerprint density at radius 3 is 2.79 bits per heavy atom. The number of rotatable bonds is 3. The summed E-state index contributed by atoms with van der Waals surface area (Å²) in [5, 5.41) is 11.4. The summed E-state index contributed by atoms with van der Waals surface area (Å²) in [5.41, 5.74) is -1.48. The molecule has 0 fully saturated rings. The first-order valence-corrected chi connectivity index (χ1v) is 3.98. The largest absolute Gasteiger partial charge is 0.480 e. The van der Waals surface area contributed by atoms with Crippen molar-refractivity contribution in [2.45, 2.75) is 19.4 Å². The van der Waals surface area contributed by atoms with Crippen LogP contribution in [0.3, 0.4) is 0 Å². The molecular weight excluding hydrogens is 186 g/mol. The van der Waals surface area contributed by atoms with Crippen LogP contribution in [0.1, 0.15) is 13.8 Å². The third kappa shape index (κ3) is 2.32. The summed E-state index contributed by atoms with van der Waals surface area (Å²) in [6.07, 6.45) is 1.21. The number of carboxylic acid groups (broad SMARTS) is 1. The van der Waals surface area contributed by atoms with Gasteiger partial charge in [-0.05, 0) is 13.8 Å². The van der Waals surface area contributed by atoms with Crippen molar-refractivity contribution >= 4 is 11.8 Å². The van der Waals surface area contributed by atoms with Gasteiger partial charge in [0.05, 0.1) is 6.33 Å². The van der Waals surface area contributed by atoms with Gasteiger partial charge in [-0.1, -0.05) is 0 Å². The van der Waals surface area contributed by atoms with Crippen molar-refractivity contribution in [3.05, 3.63) is 22.7 Å². The molecule has 0 aliphatic carbocycles. The van der Waals surface area contributed by atoms with Gasteiger partial charge in [-0.25, -0.2) is 9.78 Å². The van der Waals surface area contributed by atoms with E-state index in [1.165, 1.54) is 26.2 Å². The maximum Gasteiger partial charge on any atom is 0.328 e. The topological polar surface area (TPSA) is 95.1 Å². The van der Waals surface area contributed by atoms with E-state index in [-0.39, 0.29) is 11.4 Å². The Balaban J connectivity index is 2.89. The molecule has 14 heavy (non-hydrogen) atoms. The number of aliphatic carboxylic acids is 1. The standard InChI is InChI=1S/C8H11N3O3/c1-8(2,7(13)14)11-5-3-6(12)10-4-9-5/h3-4H,1-2H3,(H,13,14)(H2,9,10,11,12). The zero-order valence-electron chi connectivity index (χ0n) is 7.87. The molecule has 1 rings (SSSR count). The highest BCUT2D eigenvalue weighted by molar-refractivity contribution is 5.81. The fourth-order valence-electron chi connectivity index (χ4n) is 0.811. The third-order valence-corrected chi connectivity index (χ3v) is 1.65. The summed E-state index contributed by atoms with van der Waals surface area (Å²) in [4.78, 5) is 27.7. The lowest BCUT2D eigenvalue weighted by Crippen LogP contribution is -2.40. The van der Waals surface area contributed by atoms with Gasteiger partial charge in [0.15, 0.2) is 0 Å². The Labute approximate surface area is 80.0 Å². The molecule has 6 heteroatoms. The number of H-pyrrole nitrogens is 1. The van der Waals surface area contributed by atoms with Crippen LogP contribution in [-0.2, 0) is 4.79 Å². The van der Waals surface area contributed by atoms with E-state index < -0.39 is 11.5 Å². The van der Waals surface area contributed by atoms with E-state index in [0.29, 0.717) is 0 Å². The lowest BCUT2D eigenvalue weighted by Gasteiger charge is -2.21. The van der Waals surface area contributed by atoms with Crippen LogP contribution < -0.4 is 10.9 Å². The van der Waals surface area contributed by atoms with E-state index in [0.717, 1.165) is 0 Å². The van der Waals surface area contributed by atoms with Crippen LogP contribution in [0.5, 0.6) is 0 Å². The third-order valence-electron chi connectivity index (χ3n) is 1.65. The van der Waals surface area contributed by atoms with Crippen LogP contribution in [0.2, 0.25) is 0 Å². The maximum atomic E-state index is 10.9. The highest BCUT2D eigenvalue weighted by atomic mass is 16.4. The number of carbonyl (C=O) groups is 1. The molecule has 1 aromatic heterocycles. The summed E-state index contributed by atoms with van der Waals surface area (Å²) in [6.45, 7) is 2.97. The molecule has 0 aliphatic rings. The van der Waals surface area contributed by atoms with Crippen molar-refractivity contribution in [1.82, 2.24) is 9.97 Å². The smallest absolute Gasteiger partial charge is 0.328 e.